The van der Waals surface area contributed by atoms with Crippen LogP contribution < -0.4 is 5.73 Å². The quantitative estimate of drug-likeness (QED) is 0.0264. The van der Waals surface area contributed by atoms with Gasteiger partial charge in [0.05, 0.1) is 13.2 Å². The average Bonchev–Trinajstić information content (AvgIpc) is 3.46. The van der Waals surface area contributed by atoms with E-state index in [2.05, 4.69) is 148 Å². The summed E-state index contributed by atoms with van der Waals surface area (Å²) < 4.78 is 33.0. The van der Waals surface area contributed by atoms with Crippen LogP contribution in [0.2, 0.25) is 0 Å². The van der Waals surface area contributed by atoms with E-state index in [1.54, 1.807) is 0 Å². The molecule has 0 rings (SSSR count). The fraction of sp³-hybridized carbons (Fsp3) is 0.662. The molecule has 2 atom stereocenters. The third-order valence-corrected chi connectivity index (χ3v) is 14.5. The normalized spacial score (nSPS) is 13.9. The van der Waals surface area contributed by atoms with Crippen molar-refractivity contribution in [3.63, 3.8) is 0 Å². The van der Waals surface area contributed by atoms with Gasteiger partial charge in [0.25, 0.3) is 0 Å². The Balaban J connectivity index is 3.88. The summed E-state index contributed by atoms with van der Waals surface area (Å²) in [5, 5.41) is 0. The van der Waals surface area contributed by atoms with Crippen molar-refractivity contribution in [1.82, 2.24) is 0 Å². The van der Waals surface area contributed by atoms with E-state index in [1.165, 1.54) is 135 Å². The molecule has 10 heteroatoms. The molecule has 0 aliphatic carbocycles. The van der Waals surface area contributed by atoms with Crippen LogP contribution in [0.3, 0.4) is 0 Å². The molecule has 0 radical (unpaired) electrons. The van der Waals surface area contributed by atoms with Gasteiger partial charge in [-0.15, -0.1) is 0 Å². The van der Waals surface area contributed by atoms with Crippen molar-refractivity contribution in [3.8, 4) is 0 Å². The number of carbonyl (C=O) groups excluding carboxylic acids is 2. The fourth-order valence-corrected chi connectivity index (χ4v) is 9.55. The van der Waals surface area contributed by atoms with Crippen molar-refractivity contribution < 1.29 is 37.6 Å². The number of phosphoric acid groups is 1. The van der Waals surface area contributed by atoms with Gasteiger partial charge >= 0.3 is 19.8 Å². The standard InChI is InChI=1S/C71H120NO8P/c1-3-5-7-9-11-13-15-17-19-21-23-25-26-27-28-29-30-31-32-33-34-35-36-37-38-39-40-41-42-44-45-47-49-51-53-55-57-59-61-63-70(73)77-67-69(68-79-81(75,76)78-66-65-72)80-71(74)64-62-60-58-56-54-52-50-48-46-43-24-22-20-18-16-14-12-10-8-6-4-2/h5-8,11-14,17-20,23-25,27-28,43,48,50,54,56,69H,3-4,9-10,15-16,21-22,26,29-42,44-47,49,51-53,55,57-68,72H2,1-2H3,(H,75,76)/b7-5-,8-6-,13-11-,14-12-,19-17-,20-18-,25-23-,28-27-,43-24-,50-48-,56-54-. The maximum atomic E-state index is 12.7. The second-order valence-corrected chi connectivity index (χ2v) is 22.7. The van der Waals surface area contributed by atoms with Gasteiger partial charge in [0.1, 0.15) is 6.61 Å². The molecule has 0 fully saturated rings. The van der Waals surface area contributed by atoms with Gasteiger partial charge in [-0.1, -0.05) is 282 Å². The van der Waals surface area contributed by atoms with E-state index >= 15 is 0 Å². The van der Waals surface area contributed by atoms with Crippen LogP contribution in [0.25, 0.3) is 0 Å². The zero-order valence-corrected chi connectivity index (χ0v) is 52.6. The summed E-state index contributed by atoms with van der Waals surface area (Å²) in [5.41, 5.74) is 5.38. The van der Waals surface area contributed by atoms with E-state index in [-0.39, 0.29) is 32.6 Å². The first kappa shape index (κ1) is 77.2. The van der Waals surface area contributed by atoms with Crippen molar-refractivity contribution in [2.75, 3.05) is 26.4 Å². The summed E-state index contributed by atoms with van der Waals surface area (Å²) in [6.45, 7) is 3.47. The molecule has 0 bridgehead atoms. The Kier molecular flexibility index (Phi) is 62.2. The zero-order valence-electron chi connectivity index (χ0n) is 51.7. The van der Waals surface area contributed by atoms with E-state index in [9.17, 15) is 19.0 Å². The van der Waals surface area contributed by atoms with Crippen molar-refractivity contribution >= 4 is 19.8 Å². The number of nitrogens with two attached hydrogens (primary N) is 1. The Morgan fingerprint density at radius 3 is 0.975 bits per heavy atom. The first-order chi connectivity index (χ1) is 39.8. The molecule has 0 saturated carbocycles. The molecule has 0 amide bonds. The first-order valence-corrected chi connectivity index (χ1v) is 34.2. The molecule has 0 spiro atoms. The van der Waals surface area contributed by atoms with E-state index < -0.39 is 32.5 Å². The Morgan fingerprint density at radius 2 is 0.642 bits per heavy atom. The molecular weight excluding hydrogens is 1030 g/mol. The highest BCUT2D eigenvalue weighted by molar-refractivity contribution is 7.47. The Hall–Kier alpha value is -3.85. The first-order valence-electron chi connectivity index (χ1n) is 32.7. The summed E-state index contributed by atoms with van der Waals surface area (Å²) in [6, 6.07) is 0. The molecule has 2 unspecified atom stereocenters. The van der Waals surface area contributed by atoms with Gasteiger partial charge in [-0.3, -0.25) is 18.6 Å². The van der Waals surface area contributed by atoms with Gasteiger partial charge in [0, 0.05) is 19.4 Å². The summed E-state index contributed by atoms with van der Waals surface area (Å²) in [6.07, 6.45) is 92.6. The smallest absolute Gasteiger partial charge is 0.462 e. The monoisotopic (exact) mass is 1150 g/mol. The number of esters is 2. The van der Waals surface area contributed by atoms with Gasteiger partial charge in [-0.2, -0.15) is 0 Å². The second-order valence-electron chi connectivity index (χ2n) is 21.2. The molecular formula is C71H120NO8P. The van der Waals surface area contributed by atoms with Crippen molar-refractivity contribution in [1.29, 1.82) is 0 Å². The van der Waals surface area contributed by atoms with Crippen LogP contribution in [0.1, 0.15) is 271 Å². The summed E-state index contributed by atoms with van der Waals surface area (Å²) in [4.78, 5) is 35.2. The third-order valence-electron chi connectivity index (χ3n) is 13.5. The lowest BCUT2D eigenvalue weighted by Crippen LogP contribution is -2.29. The molecule has 0 aliphatic heterocycles. The van der Waals surface area contributed by atoms with Crippen LogP contribution in [0, 0.1) is 0 Å². The number of hydrogen-bond acceptors (Lipinski definition) is 8. The van der Waals surface area contributed by atoms with Gasteiger partial charge in [-0.25, -0.2) is 4.57 Å². The summed E-state index contributed by atoms with van der Waals surface area (Å²) in [5.74, 6) is -0.878. The Labute approximate surface area is 497 Å². The lowest BCUT2D eigenvalue weighted by atomic mass is 10.0. The van der Waals surface area contributed by atoms with Gasteiger partial charge in [-0.05, 0) is 109 Å². The minimum atomic E-state index is -4.41. The van der Waals surface area contributed by atoms with Gasteiger partial charge in [0.2, 0.25) is 0 Å². The van der Waals surface area contributed by atoms with Gasteiger partial charge in [0.15, 0.2) is 6.10 Å². The average molecular weight is 1150 g/mol. The number of unbranched alkanes of at least 4 members (excludes halogenated alkanes) is 25. The number of allylic oxidation sites excluding steroid dienone is 22. The number of ether oxygens (including phenoxy) is 2. The highest BCUT2D eigenvalue weighted by Crippen LogP contribution is 2.43. The van der Waals surface area contributed by atoms with E-state index in [0.717, 1.165) is 103 Å². The molecule has 3 N–H and O–H groups in total. The predicted octanol–water partition coefficient (Wildman–Crippen LogP) is 21.3. The topological polar surface area (TPSA) is 134 Å². The number of phosphoric ester groups is 1. The number of hydrogen-bond donors (Lipinski definition) is 2. The van der Waals surface area contributed by atoms with Crippen LogP contribution in [-0.4, -0.2) is 49.3 Å². The summed E-state index contributed by atoms with van der Waals surface area (Å²) in [7, 11) is -4.41. The maximum Gasteiger partial charge on any atom is 0.472 e. The molecule has 0 aromatic heterocycles. The lowest BCUT2D eigenvalue weighted by molar-refractivity contribution is -0.161. The lowest BCUT2D eigenvalue weighted by Gasteiger charge is -2.19. The van der Waals surface area contributed by atoms with Gasteiger partial charge < -0.3 is 20.1 Å². The number of rotatable bonds is 60. The molecule has 0 aromatic rings. The molecule has 0 aromatic carbocycles. The SMILES string of the molecule is CC/C=C\C/C=C\C/C=C\C/C=C\C/C=C\C/C=C\CCCCC(=O)OC(COC(=O)CCCCCCCCCCCCCCCCCCCCCCCCC/C=C\C/C=C\C/C=C\C/C=C\C/C=C\CC)COP(=O)(O)OCCN. The van der Waals surface area contributed by atoms with Crippen LogP contribution in [0.4, 0.5) is 0 Å². The minimum absolute atomic E-state index is 0.0411. The molecule has 0 aliphatic rings. The van der Waals surface area contributed by atoms with Crippen molar-refractivity contribution in [3.05, 3.63) is 134 Å². The molecule has 0 heterocycles. The van der Waals surface area contributed by atoms with E-state index in [4.69, 9.17) is 24.3 Å². The molecule has 462 valence electrons. The predicted molar refractivity (Wildman–Crippen MR) is 348 cm³/mol. The van der Waals surface area contributed by atoms with E-state index in [1.807, 2.05) is 0 Å². The van der Waals surface area contributed by atoms with Crippen LogP contribution in [0.5, 0.6) is 0 Å². The highest BCUT2D eigenvalue weighted by atomic mass is 31.2. The summed E-state index contributed by atoms with van der Waals surface area (Å²) >= 11 is 0. The fourth-order valence-electron chi connectivity index (χ4n) is 8.79. The van der Waals surface area contributed by atoms with Crippen LogP contribution in [-0.2, 0) is 32.7 Å². The third kappa shape index (κ3) is 65.2. The zero-order chi connectivity index (χ0) is 58.7. The van der Waals surface area contributed by atoms with E-state index in [0.29, 0.717) is 6.42 Å². The van der Waals surface area contributed by atoms with Crippen molar-refractivity contribution in [2.45, 2.75) is 277 Å². The maximum absolute atomic E-state index is 12.7. The highest BCUT2D eigenvalue weighted by Gasteiger charge is 2.26. The minimum Gasteiger partial charge on any atom is -0.462 e. The number of carbonyl (C=O) groups is 2. The van der Waals surface area contributed by atoms with Crippen LogP contribution >= 0.6 is 7.82 Å². The van der Waals surface area contributed by atoms with Crippen molar-refractivity contribution in [2.24, 2.45) is 5.73 Å². The molecule has 81 heavy (non-hydrogen) atoms. The van der Waals surface area contributed by atoms with Crippen LogP contribution in [0.15, 0.2) is 134 Å². The largest absolute Gasteiger partial charge is 0.472 e. The second kappa shape index (κ2) is 65.3. The Morgan fingerprint density at radius 1 is 0.370 bits per heavy atom. The molecule has 0 saturated heterocycles. The Bertz CT molecular complexity index is 1790. The molecule has 9 nitrogen and oxygen atoms in total.